The van der Waals surface area contributed by atoms with Crippen LogP contribution in [-0.2, 0) is 4.79 Å². The van der Waals surface area contributed by atoms with Gasteiger partial charge in [0.1, 0.15) is 11.5 Å². The Morgan fingerprint density at radius 2 is 2.00 bits per heavy atom. The van der Waals surface area contributed by atoms with Gasteiger partial charge in [-0.2, -0.15) is 10.1 Å². The van der Waals surface area contributed by atoms with Crippen LogP contribution in [0.15, 0.2) is 76.4 Å². The predicted molar refractivity (Wildman–Crippen MR) is 110 cm³/mol. The molecule has 28 heavy (non-hydrogen) atoms. The van der Waals surface area contributed by atoms with Crippen LogP contribution >= 0.6 is 22.9 Å². The highest BCUT2D eigenvalue weighted by Crippen LogP contribution is 2.29. The Bertz CT molecular complexity index is 1070. The highest BCUT2D eigenvalue weighted by atomic mass is 35.5. The van der Waals surface area contributed by atoms with Crippen LogP contribution in [-0.4, -0.2) is 23.7 Å². The number of carbonyl (C=O) groups is 1. The Labute approximate surface area is 169 Å². The number of ether oxygens (including phenoxy) is 1. The molecule has 0 aliphatic carbocycles. The van der Waals surface area contributed by atoms with Crippen LogP contribution in [0.3, 0.4) is 0 Å². The molecule has 4 aromatic rings. The average molecular weight is 412 g/mol. The summed E-state index contributed by atoms with van der Waals surface area (Å²) in [7, 11) is 0. The Balaban J connectivity index is 1.58. The summed E-state index contributed by atoms with van der Waals surface area (Å²) in [5.74, 6) is 0.700. The van der Waals surface area contributed by atoms with Gasteiger partial charge in [0.2, 0.25) is 5.13 Å². The van der Waals surface area contributed by atoms with E-state index in [2.05, 4.69) is 10.1 Å². The van der Waals surface area contributed by atoms with Crippen LogP contribution in [0.25, 0.3) is 10.2 Å². The fourth-order valence-corrected chi connectivity index (χ4v) is 3.45. The van der Waals surface area contributed by atoms with Crippen LogP contribution in [0.1, 0.15) is 5.76 Å². The summed E-state index contributed by atoms with van der Waals surface area (Å²) in [6.07, 6.45) is 3.00. The van der Waals surface area contributed by atoms with Crippen molar-refractivity contribution in [2.24, 2.45) is 5.10 Å². The summed E-state index contributed by atoms with van der Waals surface area (Å²) >= 11 is 7.24. The van der Waals surface area contributed by atoms with Crippen molar-refractivity contribution < 1.29 is 13.9 Å². The van der Waals surface area contributed by atoms with E-state index in [1.807, 2.05) is 24.3 Å². The van der Waals surface area contributed by atoms with Crippen molar-refractivity contribution in [3.05, 3.63) is 77.7 Å². The number of aromatic nitrogens is 1. The molecule has 0 saturated heterocycles. The smallest absolute Gasteiger partial charge is 0.287 e. The molecule has 1 amide bonds. The third-order valence-electron chi connectivity index (χ3n) is 3.72. The molecule has 0 spiro atoms. The maximum absolute atomic E-state index is 12.8. The van der Waals surface area contributed by atoms with E-state index in [4.69, 9.17) is 20.8 Å². The Morgan fingerprint density at radius 1 is 1.18 bits per heavy atom. The summed E-state index contributed by atoms with van der Waals surface area (Å²) < 4.78 is 11.8. The summed E-state index contributed by atoms with van der Waals surface area (Å²) in [4.78, 5) is 17.3. The van der Waals surface area contributed by atoms with E-state index in [0.717, 1.165) is 10.2 Å². The summed E-state index contributed by atoms with van der Waals surface area (Å²) in [5, 5.41) is 6.54. The second kappa shape index (κ2) is 8.24. The van der Waals surface area contributed by atoms with Crippen molar-refractivity contribution >= 4 is 50.4 Å². The third kappa shape index (κ3) is 4.21. The Kier molecular flexibility index (Phi) is 5.36. The predicted octanol–water partition coefficient (Wildman–Crippen LogP) is 4.99. The number of furan rings is 1. The maximum atomic E-state index is 12.8. The quantitative estimate of drug-likeness (QED) is 0.331. The van der Waals surface area contributed by atoms with E-state index in [1.165, 1.54) is 28.8 Å². The lowest BCUT2D eigenvalue weighted by atomic mass is 10.3. The standard InChI is InChI=1S/C20H14ClN3O3S/c21-14-7-9-15(10-8-14)27-13-19(25)24(22-12-16-4-3-11-26-16)20-23-17-5-1-2-6-18(17)28-20/h1-12H,13H2/b22-12-. The number of halogens is 1. The second-order valence-electron chi connectivity index (χ2n) is 5.67. The summed E-state index contributed by atoms with van der Waals surface area (Å²) in [5.41, 5.74) is 0.798. The van der Waals surface area contributed by atoms with Crippen LogP contribution < -0.4 is 9.75 Å². The van der Waals surface area contributed by atoms with Crippen LogP contribution in [0.4, 0.5) is 5.13 Å². The molecule has 2 heterocycles. The molecule has 0 bridgehead atoms. The fourth-order valence-electron chi connectivity index (χ4n) is 2.39. The van der Waals surface area contributed by atoms with Crippen molar-refractivity contribution in [1.29, 1.82) is 0 Å². The molecule has 0 atom stereocenters. The van der Waals surface area contributed by atoms with E-state index >= 15 is 0 Å². The number of para-hydroxylation sites is 1. The van der Waals surface area contributed by atoms with E-state index in [9.17, 15) is 4.79 Å². The van der Waals surface area contributed by atoms with Gasteiger partial charge in [0.15, 0.2) is 6.61 Å². The number of hydrogen-bond donors (Lipinski definition) is 0. The number of hydrazone groups is 1. The van der Waals surface area contributed by atoms with Gasteiger partial charge in [-0.1, -0.05) is 35.1 Å². The van der Waals surface area contributed by atoms with Crippen molar-refractivity contribution in [3.8, 4) is 5.75 Å². The van der Waals surface area contributed by atoms with Gasteiger partial charge in [0.05, 0.1) is 22.7 Å². The van der Waals surface area contributed by atoms with Crippen molar-refractivity contribution in [3.63, 3.8) is 0 Å². The highest BCUT2D eigenvalue weighted by Gasteiger charge is 2.20. The minimum absolute atomic E-state index is 0.201. The lowest BCUT2D eigenvalue weighted by molar-refractivity contribution is -0.120. The first-order chi connectivity index (χ1) is 13.7. The van der Waals surface area contributed by atoms with Crippen LogP contribution in [0, 0.1) is 0 Å². The molecule has 0 saturated carbocycles. The molecular formula is C20H14ClN3O3S. The number of benzene rings is 2. The van der Waals surface area contributed by atoms with E-state index < -0.39 is 0 Å². The molecule has 140 valence electrons. The molecule has 0 radical (unpaired) electrons. The molecule has 2 aromatic heterocycles. The number of thiazole rings is 1. The van der Waals surface area contributed by atoms with Crippen LogP contribution in [0.2, 0.25) is 5.02 Å². The number of rotatable bonds is 6. The molecule has 0 aliphatic rings. The maximum Gasteiger partial charge on any atom is 0.287 e. The number of anilines is 1. The molecule has 0 unspecified atom stereocenters. The zero-order valence-corrected chi connectivity index (χ0v) is 16.1. The summed E-state index contributed by atoms with van der Waals surface area (Å²) in [6, 6.07) is 17.9. The number of carbonyl (C=O) groups excluding carboxylic acids is 1. The monoisotopic (exact) mass is 411 g/mol. The van der Waals surface area contributed by atoms with Gasteiger partial charge >= 0.3 is 0 Å². The molecule has 4 rings (SSSR count). The molecule has 2 aromatic carbocycles. The number of nitrogens with zero attached hydrogens (tertiary/aromatic N) is 3. The molecule has 0 aliphatic heterocycles. The van der Waals surface area contributed by atoms with E-state index in [1.54, 1.807) is 36.4 Å². The summed E-state index contributed by atoms with van der Waals surface area (Å²) in [6.45, 7) is -0.201. The van der Waals surface area contributed by atoms with Gasteiger partial charge in [0.25, 0.3) is 5.91 Å². The third-order valence-corrected chi connectivity index (χ3v) is 4.98. The van der Waals surface area contributed by atoms with Crippen molar-refractivity contribution in [2.75, 3.05) is 11.6 Å². The molecule has 0 fully saturated rings. The highest BCUT2D eigenvalue weighted by molar-refractivity contribution is 7.22. The zero-order valence-electron chi connectivity index (χ0n) is 14.5. The lowest BCUT2D eigenvalue weighted by Gasteiger charge is -2.14. The zero-order chi connectivity index (χ0) is 19.3. The van der Waals surface area contributed by atoms with E-state index in [0.29, 0.717) is 21.7 Å². The molecule has 6 nitrogen and oxygen atoms in total. The second-order valence-corrected chi connectivity index (χ2v) is 7.12. The first-order valence-electron chi connectivity index (χ1n) is 8.33. The first-order valence-corrected chi connectivity index (χ1v) is 9.53. The van der Waals surface area contributed by atoms with Gasteiger partial charge < -0.3 is 9.15 Å². The number of fused-ring (bicyclic) bond motifs is 1. The van der Waals surface area contributed by atoms with Gasteiger partial charge in [-0.25, -0.2) is 4.98 Å². The number of hydrogen-bond acceptors (Lipinski definition) is 6. The Hall–Kier alpha value is -3.16. The SMILES string of the molecule is O=C(COc1ccc(Cl)cc1)N(/N=C\c1ccco1)c1nc2ccccc2s1. The number of amides is 1. The Morgan fingerprint density at radius 3 is 2.75 bits per heavy atom. The van der Waals surface area contributed by atoms with Gasteiger partial charge in [-0.05, 0) is 48.5 Å². The minimum atomic E-state index is -0.364. The largest absolute Gasteiger partial charge is 0.484 e. The van der Waals surface area contributed by atoms with Crippen molar-refractivity contribution in [1.82, 2.24) is 4.98 Å². The average Bonchev–Trinajstić information content (AvgIpc) is 3.37. The lowest BCUT2D eigenvalue weighted by Crippen LogP contribution is -2.30. The van der Waals surface area contributed by atoms with Crippen LogP contribution in [0.5, 0.6) is 5.75 Å². The topological polar surface area (TPSA) is 67.9 Å². The van der Waals surface area contributed by atoms with Crippen molar-refractivity contribution in [2.45, 2.75) is 0 Å². The van der Waals surface area contributed by atoms with Gasteiger partial charge in [0, 0.05) is 5.02 Å². The minimum Gasteiger partial charge on any atom is -0.484 e. The normalized spacial score (nSPS) is 11.2. The van der Waals surface area contributed by atoms with Gasteiger partial charge in [-0.3, -0.25) is 4.79 Å². The van der Waals surface area contributed by atoms with E-state index in [-0.39, 0.29) is 12.5 Å². The molecular weight excluding hydrogens is 398 g/mol. The molecule has 0 N–H and O–H groups in total. The fraction of sp³-hybridized carbons (Fsp3) is 0.0500. The first kappa shape index (κ1) is 18.2. The van der Waals surface area contributed by atoms with Gasteiger partial charge in [-0.15, -0.1) is 0 Å². The molecule has 8 heteroatoms.